The average Bonchev–Trinajstić information content (AvgIpc) is 2.80. The number of nitrogens with zero attached hydrogens (tertiary/aromatic N) is 3. The Hall–Kier alpha value is -1.16. The first-order valence-electron chi connectivity index (χ1n) is 6.99. The van der Waals surface area contributed by atoms with Crippen molar-refractivity contribution in [2.24, 2.45) is 0 Å². The highest BCUT2D eigenvalue weighted by Crippen LogP contribution is 2.14. The molecule has 1 unspecified atom stereocenters. The molecule has 1 aliphatic rings. The molecule has 1 saturated heterocycles. The minimum absolute atomic E-state index is 0.598. The predicted molar refractivity (Wildman–Crippen MR) is 75.0 cm³/mol. The largest absolute Gasteiger partial charge is 0.339 e. The summed E-state index contributed by atoms with van der Waals surface area (Å²) in [5, 5.41) is 3.55. The third-order valence-electron chi connectivity index (χ3n) is 3.35. The zero-order valence-electron chi connectivity index (χ0n) is 11.7. The molecular weight excluding hydrogens is 224 g/mol. The molecule has 0 aromatic carbocycles. The van der Waals surface area contributed by atoms with E-state index in [9.17, 15) is 0 Å². The maximum atomic E-state index is 4.58. The van der Waals surface area contributed by atoms with Crippen molar-refractivity contribution in [1.82, 2.24) is 15.3 Å². The van der Waals surface area contributed by atoms with Crippen LogP contribution in [-0.2, 0) is 0 Å². The first-order chi connectivity index (χ1) is 8.69. The standard InChI is InChI=1S/C14H24N4/c1-4-8-18(10-13-6-5-7-15-13)14-16-11(2)9-12(3)17-14/h9,13,15H,4-8,10H2,1-3H3. The average molecular weight is 248 g/mol. The Labute approximate surface area is 110 Å². The van der Waals surface area contributed by atoms with E-state index >= 15 is 0 Å². The summed E-state index contributed by atoms with van der Waals surface area (Å²) in [6.45, 7) is 9.49. The van der Waals surface area contributed by atoms with E-state index in [0.717, 1.165) is 43.4 Å². The van der Waals surface area contributed by atoms with Gasteiger partial charge in [-0.05, 0) is 45.7 Å². The SMILES string of the molecule is CCCN(CC1CCCN1)c1nc(C)cc(C)n1. The van der Waals surface area contributed by atoms with Gasteiger partial charge in [-0.15, -0.1) is 0 Å². The lowest BCUT2D eigenvalue weighted by Crippen LogP contribution is -2.39. The van der Waals surface area contributed by atoms with Gasteiger partial charge in [0, 0.05) is 30.5 Å². The molecule has 1 N–H and O–H groups in total. The van der Waals surface area contributed by atoms with Gasteiger partial charge in [-0.3, -0.25) is 0 Å². The number of rotatable bonds is 5. The predicted octanol–water partition coefficient (Wildman–Crippen LogP) is 2.06. The first kappa shape index (κ1) is 13.3. The van der Waals surface area contributed by atoms with E-state index < -0.39 is 0 Å². The Morgan fingerprint density at radius 1 is 1.33 bits per heavy atom. The highest BCUT2D eigenvalue weighted by molar-refractivity contribution is 5.32. The van der Waals surface area contributed by atoms with Crippen LogP contribution < -0.4 is 10.2 Å². The van der Waals surface area contributed by atoms with Crippen LogP contribution in [0.15, 0.2) is 6.07 Å². The lowest BCUT2D eigenvalue weighted by atomic mass is 10.2. The molecular formula is C14H24N4. The Kier molecular flexibility index (Phi) is 4.53. The van der Waals surface area contributed by atoms with Gasteiger partial charge in [0.1, 0.15) is 0 Å². The first-order valence-corrected chi connectivity index (χ1v) is 6.99. The number of aryl methyl sites for hydroxylation is 2. The molecule has 1 aliphatic heterocycles. The molecule has 1 fully saturated rings. The van der Waals surface area contributed by atoms with Crippen molar-refractivity contribution >= 4 is 5.95 Å². The van der Waals surface area contributed by atoms with Crippen LogP contribution >= 0.6 is 0 Å². The number of nitrogens with one attached hydrogen (secondary N) is 1. The second kappa shape index (κ2) is 6.14. The van der Waals surface area contributed by atoms with E-state index in [-0.39, 0.29) is 0 Å². The lowest BCUT2D eigenvalue weighted by molar-refractivity contribution is 0.570. The minimum Gasteiger partial charge on any atom is -0.339 e. The third-order valence-corrected chi connectivity index (χ3v) is 3.35. The molecule has 4 nitrogen and oxygen atoms in total. The highest BCUT2D eigenvalue weighted by Gasteiger charge is 2.19. The van der Waals surface area contributed by atoms with Crippen molar-refractivity contribution in [3.05, 3.63) is 17.5 Å². The van der Waals surface area contributed by atoms with Crippen LogP contribution in [0.3, 0.4) is 0 Å². The Morgan fingerprint density at radius 3 is 2.61 bits per heavy atom. The fourth-order valence-corrected chi connectivity index (χ4v) is 2.57. The molecule has 0 amide bonds. The van der Waals surface area contributed by atoms with Crippen LogP contribution in [0.5, 0.6) is 0 Å². The topological polar surface area (TPSA) is 41.0 Å². The van der Waals surface area contributed by atoms with Gasteiger partial charge in [-0.1, -0.05) is 6.92 Å². The van der Waals surface area contributed by atoms with Gasteiger partial charge in [0.15, 0.2) is 0 Å². The molecule has 4 heteroatoms. The Bertz CT molecular complexity index is 365. The van der Waals surface area contributed by atoms with Gasteiger partial charge in [0.05, 0.1) is 0 Å². The smallest absolute Gasteiger partial charge is 0.225 e. The van der Waals surface area contributed by atoms with Crippen LogP contribution in [0.2, 0.25) is 0 Å². The Balaban J connectivity index is 2.11. The maximum Gasteiger partial charge on any atom is 0.225 e. The molecule has 0 spiro atoms. The van der Waals surface area contributed by atoms with Gasteiger partial charge < -0.3 is 10.2 Å². The van der Waals surface area contributed by atoms with E-state index in [4.69, 9.17) is 0 Å². The summed E-state index contributed by atoms with van der Waals surface area (Å²) in [5.41, 5.74) is 2.11. The Morgan fingerprint density at radius 2 is 2.06 bits per heavy atom. The lowest BCUT2D eigenvalue weighted by Gasteiger charge is -2.25. The van der Waals surface area contributed by atoms with E-state index in [1.54, 1.807) is 0 Å². The van der Waals surface area contributed by atoms with Crippen LogP contribution in [0.4, 0.5) is 5.95 Å². The van der Waals surface area contributed by atoms with Crippen molar-refractivity contribution in [2.75, 3.05) is 24.5 Å². The number of hydrogen-bond acceptors (Lipinski definition) is 4. The summed E-state index contributed by atoms with van der Waals surface area (Å²) in [5.74, 6) is 0.892. The molecule has 1 aromatic rings. The van der Waals surface area contributed by atoms with E-state index in [0.29, 0.717) is 6.04 Å². The van der Waals surface area contributed by atoms with E-state index in [1.165, 1.54) is 12.8 Å². The second-order valence-corrected chi connectivity index (χ2v) is 5.19. The zero-order valence-corrected chi connectivity index (χ0v) is 11.7. The molecule has 0 radical (unpaired) electrons. The van der Waals surface area contributed by atoms with Gasteiger partial charge in [0.25, 0.3) is 0 Å². The molecule has 1 aromatic heterocycles. The van der Waals surface area contributed by atoms with Gasteiger partial charge >= 0.3 is 0 Å². The summed E-state index contributed by atoms with van der Waals surface area (Å²) < 4.78 is 0. The van der Waals surface area contributed by atoms with Crippen molar-refractivity contribution in [3.63, 3.8) is 0 Å². The van der Waals surface area contributed by atoms with Crippen molar-refractivity contribution < 1.29 is 0 Å². The summed E-state index contributed by atoms with van der Waals surface area (Å²) in [6, 6.07) is 2.63. The summed E-state index contributed by atoms with van der Waals surface area (Å²) >= 11 is 0. The van der Waals surface area contributed by atoms with Gasteiger partial charge in [-0.2, -0.15) is 0 Å². The second-order valence-electron chi connectivity index (χ2n) is 5.19. The normalized spacial score (nSPS) is 19.2. The van der Waals surface area contributed by atoms with Crippen molar-refractivity contribution in [3.8, 4) is 0 Å². The molecule has 2 heterocycles. The monoisotopic (exact) mass is 248 g/mol. The number of anilines is 1. The third kappa shape index (κ3) is 3.42. The molecule has 100 valence electrons. The van der Waals surface area contributed by atoms with E-state index in [1.807, 2.05) is 19.9 Å². The fraction of sp³-hybridized carbons (Fsp3) is 0.714. The quantitative estimate of drug-likeness (QED) is 0.866. The zero-order chi connectivity index (χ0) is 13.0. The van der Waals surface area contributed by atoms with Crippen LogP contribution in [0, 0.1) is 13.8 Å². The van der Waals surface area contributed by atoms with Crippen LogP contribution in [-0.4, -0.2) is 35.6 Å². The van der Waals surface area contributed by atoms with Crippen molar-refractivity contribution in [2.45, 2.75) is 46.1 Å². The van der Waals surface area contributed by atoms with Gasteiger partial charge in [-0.25, -0.2) is 9.97 Å². The van der Waals surface area contributed by atoms with Crippen molar-refractivity contribution in [1.29, 1.82) is 0 Å². The van der Waals surface area contributed by atoms with Crippen LogP contribution in [0.1, 0.15) is 37.6 Å². The summed E-state index contributed by atoms with van der Waals surface area (Å²) in [4.78, 5) is 11.5. The van der Waals surface area contributed by atoms with Gasteiger partial charge in [0.2, 0.25) is 5.95 Å². The molecule has 0 aliphatic carbocycles. The minimum atomic E-state index is 0.598. The maximum absolute atomic E-state index is 4.58. The van der Waals surface area contributed by atoms with E-state index in [2.05, 4.69) is 27.1 Å². The summed E-state index contributed by atoms with van der Waals surface area (Å²) in [6.07, 6.45) is 3.69. The number of hydrogen-bond donors (Lipinski definition) is 1. The number of aromatic nitrogens is 2. The molecule has 0 bridgehead atoms. The van der Waals surface area contributed by atoms with Crippen LogP contribution in [0.25, 0.3) is 0 Å². The molecule has 1 atom stereocenters. The molecule has 0 saturated carbocycles. The fourth-order valence-electron chi connectivity index (χ4n) is 2.57. The summed E-state index contributed by atoms with van der Waals surface area (Å²) in [7, 11) is 0. The molecule has 2 rings (SSSR count). The molecule has 18 heavy (non-hydrogen) atoms. The highest BCUT2D eigenvalue weighted by atomic mass is 15.3.